The summed E-state index contributed by atoms with van der Waals surface area (Å²) in [4.78, 5) is 2.17. The van der Waals surface area contributed by atoms with Gasteiger partial charge in [-0.05, 0) is 43.0 Å². The summed E-state index contributed by atoms with van der Waals surface area (Å²) in [5.74, 6) is 0.922. The van der Waals surface area contributed by atoms with E-state index >= 15 is 0 Å². The number of anilines is 1. The molecule has 1 N–H and O–H groups in total. The summed E-state index contributed by atoms with van der Waals surface area (Å²) in [6.45, 7) is 15.5. The molecule has 0 saturated heterocycles. The number of nitrogens with zero attached hydrogens (tertiary/aromatic N) is 1. The molecule has 0 aliphatic heterocycles. The Bertz CT molecular complexity index is 419. The van der Waals surface area contributed by atoms with Gasteiger partial charge < -0.3 is 10.2 Å². The van der Waals surface area contributed by atoms with Crippen molar-refractivity contribution in [3.63, 3.8) is 0 Å². The molecule has 0 radical (unpaired) electrons. The van der Waals surface area contributed by atoms with Gasteiger partial charge in [0.25, 0.3) is 0 Å². The van der Waals surface area contributed by atoms with Crippen molar-refractivity contribution >= 4 is 5.69 Å². The van der Waals surface area contributed by atoms with Crippen LogP contribution < -0.4 is 10.2 Å². The van der Waals surface area contributed by atoms with Crippen LogP contribution in [0.1, 0.15) is 53.1 Å². The highest BCUT2D eigenvalue weighted by molar-refractivity contribution is 5.49. The first kappa shape index (κ1) is 18.0. The Morgan fingerprint density at radius 1 is 1.05 bits per heavy atom. The lowest BCUT2D eigenvalue weighted by Gasteiger charge is -2.29. The molecule has 1 unspecified atom stereocenters. The van der Waals surface area contributed by atoms with Crippen molar-refractivity contribution in [2.24, 2.45) is 11.8 Å². The van der Waals surface area contributed by atoms with Crippen molar-refractivity contribution in [1.29, 1.82) is 0 Å². The van der Waals surface area contributed by atoms with E-state index in [0.29, 0.717) is 11.8 Å². The van der Waals surface area contributed by atoms with Gasteiger partial charge in [0.15, 0.2) is 0 Å². The van der Waals surface area contributed by atoms with E-state index in [0.717, 1.165) is 30.9 Å². The van der Waals surface area contributed by atoms with Gasteiger partial charge in [0, 0.05) is 19.1 Å². The molecule has 21 heavy (non-hydrogen) atoms. The van der Waals surface area contributed by atoms with E-state index in [4.69, 9.17) is 0 Å². The van der Waals surface area contributed by atoms with E-state index in [9.17, 15) is 4.39 Å². The maximum absolute atomic E-state index is 14.5. The van der Waals surface area contributed by atoms with E-state index in [1.807, 2.05) is 12.1 Å². The Morgan fingerprint density at radius 2 is 1.62 bits per heavy atom. The number of rotatable bonds is 8. The van der Waals surface area contributed by atoms with Crippen LogP contribution in [0, 0.1) is 17.7 Å². The van der Waals surface area contributed by atoms with Gasteiger partial charge in [-0.3, -0.25) is 0 Å². The molecule has 0 spiro atoms. The third-order valence-electron chi connectivity index (χ3n) is 3.49. The van der Waals surface area contributed by atoms with Crippen molar-refractivity contribution in [3.8, 4) is 0 Å². The molecule has 0 aromatic heterocycles. The van der Waals surface area contributed by atoms with Crippen LogP contribution in [0.15, 0.2) is 18.2 Å². The Balaban J connectivity index is 2.98. The van der Waals surface area contributed by atoms with Crippen LogP contribution in [0.25, 0.3) is 0 Å². The monoisotopic (exact) mass is 294 g/mol. The summed E-state index contributed by atoms with van der Waals surface area (Å²) in [5, 5.41) is 3.32. The van der Waals surface area contributed by atoms with Crippen molar-refractivity contribution < 1.29 is 4.39 Å². The summed E-state index contributed by atoms with van der Waals surface area (Å²) >= 11 is 0. The molecule has 0 fully saturated rings. The van der Waals surface area contributed by atoms with Crippen LogP contribution in [-0.2, 0) is 0 Å². The maximum atomic E-state index is 14.5. The highest BCUT2D eigenvalue weighted by atomic mass is 19.1. The van der Waals surface area contributed by atoms with Crippen LogP contribution in [0.2, 0.25) is 0 Å². The lowest BCUT2D eigenvalue weighted by molar-refractivity contribution is 0.535. The molecule has 1 atom stereocenters. The summed E-state index contributed by atoms with van der Waals surface area (Å²) in [7, 11) is 0. The first-order valence-corrected chi connectivity index (χ1v) is 8.12. The summed E-state index contributed by atoms with van der Waals surface area (Å²) in [6.07, 6.45) is 0. The van der Waals surface area contributed by atoms with Gasteiger partial charge in [0.2, 0.25) is 0 Å². The van der Waals surface area contributed by atoms with Crippen molar-refractivity contribution in [1.82, 2.24) is 5.32 Å². The summed E-state index contributed by atoms with van der Waals surface area (Å²) in [5.41, 5.74) is 1.73. The van der Waals surface area contributed by atoms with Crippen LogP contribution in [0.3, 0.4) is 0 Å². The molecular formula is C18H31FN2. The minimum atomic E-state index is -0.112. The molecule has 3 heteroatoms. The first-order valence-electron chi connectivity index (χ1n) is 8.12. The predicted molar refractivity (Wildman–Crippen MR) is 90.4 cm³/mol. The highest BCUT2D eigenvalue weighted by Crippen LogP contribution is 2.25. The van der Waals surface area contributed by atoms with Gasteiger partial charge in [-0.15, -0.1) is 0 Å². The average Bonchev–Trinajstić information content (AvgIpc) is 2.36. The van der Waals surface area contributed by atoms with Crippen molar-refractivity contribution in [3.05, 3.63) is 29.6 Å². The predicted octanol–water partition coefficient (Wildman–Crippen LogP) is 4.61. The van der Waals surface area contributed by atoms with Crippen molar-refractivity contribution in [2.45, 2.75) is 47.6 Å². The van der Waals surface area contributed by atoms with Crippen LogP contribution in [0.5, 0.6) is 0 Å². The Hall–Kier alpha value is -1.09. The van der Waals surface area contributed by atoms with E-state index in [1.165, 1.54) is 0 Å². The molecule has 1 aromatic rings. The summed E-state index contributed by atoms with van der Waals surface area (Å²) < 4.78 is 14.5. The second-order valence-electron chi connectivity index (χ2n) is 6.68. The van der Waals surface area contributed by atoms with Crippen LogP contribution >= 0.6 is 0 Å². The second kappa shape index (κ2) is 8.38. The molecule has 0 saturated carbocycles. The third-order valence-corrected chi connectivity index (χ3v) is 3.49. The zero-order valence-corrected chi connectivity index (χ0v) is 14.4. The highest BCUT2D eigenvalue weighted by Gasteiger charge is 2.16. The van der Waals surface area contributed by atoms with Gasteiger partial charge >= 0.3 is 0 Å². The van der Waals surface area contributed by atoms with E-state index < -0.39 is 0 Å². The molecule has 120 valence electrons. The lowest BCUT2D eigenvalue weighted by Crippen LogP contribution is -2.32. The molecule has 0 aliphatic carbocycles. The molecule has 0 heterocycles. The topological polar surface area (TPSA) is 15.3 Å². The number of nitrogens with one attached hydrogen (secondary N) is 1. The zero-order chi connectivity index (χ0) is 16.0. The van der Waals surface area contributed by atoms with Crippen LogP contribution in [-0.4, -0.2) is 19.6 Å². The standard InChI is InChI=1S/C18H31FN2/c1-7-20-15(6)16-8-9-18(17(19)10-16)21(11-13(2)3)12-14(4)5/h8-10,13-15,20H,7,11-12H2,1-6H3. The summed E-state index contributed by atoms with van der Waals surface area (Å²) in [6, 6.07) is 5.83. The Kier molecular flexibility index (Phi) is 7.16. The van der Waals surface area contributed by atoms with Gasteiger partial charge in [-0.25, -0.2) is 4.39 Å². The SMILES string of the molecule is CCNC(C)c1ccc(N(CC(C)C)CC(C)C)c(F)c1. The molecule has 1 rings (SSSR count). The first-order chi connectivity index (χ1) is 9.85. The van der Waals surface area contributed by atoms with E-state index in [-0.39, 0.29) is 11.9 Å². The van der Waals surface area contributed by atoms with E-state index in [1.54, 1.807) is 6.07 Å². The number of benzene rings is 1. The van der Waals surface area contributed by atoms with Crippen LogP contribution in [0.4, 0.5) is 10.1 Å². The fraction of sp³-hybridized carbons (Fsp3) is 0.667. The van der Waals surface area contributed by atoms with Gasteiger partial charge in [-0.1, -0.05) is 40.7 Å². The lowest BCUT2D eigenvalue weighted by atomic mass is 10.1. The average molecular weight is 294 g/mol. The molecule has 2 nitrogen and oxygen atoms in total. The number of halogens is 1. The van der Waals surface area contributed by atoms with E-state index in [2.05, 4.69) is 51.8 Å². The minimum absolute atomic E-state index is 0.112. The number of hydrogen-bond acceptors (Lipinski definition) is 2. The molecule has 0 aliphatic rings. The van der Waals surface area contributed by atoms with Gasteiger partial charge in [0.05, 0.1) is 5.69 Å². The molecular weight excluding hydrogens is 263 g/mol. The largest absolute Gasteiger partial charge is 0.369 e. The fourth-order valence-corrected chi connectivity index (χ4v) is 2.63. The Morgan fingerprint density at radius 3 is 2.05 bits per heavy atom. The quantitative estimate of drug-likeness (QED) is 0.753. The molecule has 0 amide bonds. The smallest absolute Gasteiger partial charge is 0.146 e. The number of hydrogen-bond donors (Lipinski definition) is 1. The van der Waals surface area contributed by atoms with Crippen molar-refractivity contribution in [2.75, 3.05) is 24.5 Å². The zero-order valence-electron chi connectivity index (χ0n) is 14.4. The minimum Gasteiger partial charge on any atom is -0.369 e. The third kappa shape index (κ3) is 5.66. The maximum Gasteiger partial charge on any atom is 0.146 e. The fourth-order valence-electron chi connectivity index (χ4n) is 2.63. The van der Waals surface area contributed by atoms with Gasteiger partial charge in [-0.2, -0.15) is 0 Å². The normalized spacial score (nSPS) is 13.0. The van der Waals surface area contributed by atoms with Gasteiger partial charge in [0.1, 0.15) is 5.82 Å². The molecule has 0 bridgehead atoms. The Labute approximate surface area is 129 Å². The molecule has 1 aromatic carbocycles. The second-order valence-corrected chi connectivity index (χ2v) is 6.68.